The van der Waals surface area contributed by atoms with E-state index in [-0.39, 0.29) is 41.4 Å². The summed E-state index contributed by atoms with van der Waals surface area (Å²) in [4.78, 5) is 50.1. The Bertz CT molecular complexity index is 3090. The number of aliphatic imine (C=N–C) groups is 1. The molecule has 7 heterocycles. The molecule has 4 aromatic heterocycles. The largest absolute Gasteiger partial charge is 3.00 e. The number of allylic oxidation sites excluding steroid dienone is 3. The standard InChI is InChI=1S/C54H57N10O2.Co/c1-7-39-34(4)49-53(63-25-23-55-31-63)50-35(5)41(19-21-47(65)57-29-37-15-11-9-12-16-37)45(61-50)28-46-42(20-22-48(66)58-30-38-17-13-10-14-18-38)36(6)51(62-46)54(64-26-24-56-32-64)52-40(8-2)33(3)43(59-52)27-44(39)60-49;/h9-18,23-28,31-32,50H,7-8,19-22,29-30H2,1-6H3,(H4-,57,58,59,60,61,62,65,66);/q-1;+3/b53-49+;. The minimum Gasteiger partial charge on any atom is -0.672 e. The number of nitrogens with one attached hydrogen (secondary N) is 4. The number of imidazole rings is 2. The summed E-state index contributed by atoms with van der Waals surface area (Å²) < 4.78 is 4.15. The van der Waals surface area contributed by atoms with Crippen molar-refractivity contribution in [2.24, 2.45) is 4.99 Å². The first-order valence-electron chi connectivity index (χ1n) is 23.0. The van der Waals surface area contributed by atoms with Crippen LogP contribution in [-0.4, -0.2) is 33.5 Å². The molecule has 0 fully saturated rings. The molecule has 342 valence electrons. The topological polar surface area (TPSA) is 152 Å². The molecule has 12 nitrogen and oxygen atoms in total. The zero-order valence-electron chi connectivity index (χ0n) is 39.0. The molecule has 0 radical (unpaired) electrons. The summed E-state index contributed by atoms with van der Waals surface area (Å²) >= 11 is 0. The van der Waals surface area contributed by atoms with Crippen LogP contribution in [0.25, 0.3) is 28.9 Å². The van der Waals surface area contributed by atoms with Crippen LogP contribution < -0.4 is 40.4 Å². The van der Waals surface area contributed by atoms with Gasteiger partial charge in [0, 0.05) is 25.9 Å². The molecule has 2 aromatic carbocycles. The van der Waals surface area contributed by atoms with Gasteiger partial charge >= 0.3 is 16.8 Å². The fourth-order valence-corrected chi connectivity index (χ4v) is 9.59. The minimum atomic E-state index is -0.421. The molecule has 6 aromatic rings. The normalized spacial score (nSPS) is 18.7. The first-order chi connectivity index (χ1) is 32.1. The molecule has 8 bridgehead atoms. The molecule has 0 spiro atoms. The summed E-state index contributed by atoms with van der Waals surface area (Å²) in [6.07, 6.45) is 18.9. The monoisotopic (exact) mass is 936 g/mol. The van der Waals surface area contributed by atoms with Crippen LogP contribution in [0.5, 0.6) is 0 Å². The molecule has 1 unspecified atom stereocenters. The number of aromatic nitrogens is 6. The Labute approximate surface area is 402 Å². The van der Waals surface area contributed by atoms with Gasteiger partial charge in [-0.15, -0.1) is 16.7 Å². The maximum atomic E-state index is 13.6. The molecular formula is C54H57CoN10O2+2. The Morgan fingerprint density at radius 2 is 1.36 bits per heavy atom. The van der Waals surface area contributed by atoms with Crippen molar-refractivity contribution in [1.29, 1.82) is 0 Å². The van der Waals surface area contributed by atoms with Crippen LogP contribution in [0.15, 0.2) is 137 Å². The van der Waals surface area contributed by atoms with Crippen molar-refractivity contribution < 1.29 is 35.5 Å². The van der Waals surface area contributed by atoms with Gasteiger partial charge in [0.1, 0.15) is 36.2 Å². The fourth-order valence-electron chi connectivity index (χ4n) is 9.59. The molecule has 2 amide bonds. The number of H-pyrrole nitrogens is 2. The second-order valence-corrected chi connectivity index (χ2v) is 17.2. The smallest absolute Gasteiger partial charge is 0.672 e. The molecule has 67 heavy (non-hydrogen) atoms. The van der Waals surface area contributed by atoms with E-state index < -0.39 is 6.04 Å². The van der Waals surface area contributed by atoms with E-state index in [4.69, 9.17) is 20.3 Å². The van der Waals surface area contributed by atoms with E-state index in [0.717, 1.165) is 119 Å². The van der Waals surface area contributed by atoms with E-state index in [1.165, 1.54) is 0 Å². The SMILES string of the molecule is CCC1=C(C)C2=NC/1=C(/[n+]1cc[nH]c1)c1[n-]c(c(CCC(=O)NCc3ccccc3)c1C)/C=C1\[N-]C(C(C)=C1CCC(=O)NCc1ccccc1)/C([n+]1cc[nH]c1)=c1\[n-]/c(c(CC)c1C)=C\2.[Co+3]. The van der Waals surface area contributed by atoms with Crippen molar-refractivity contribution in [3.05, 3.63) is 193 Å². The van der Waals surface area contributed by atoms with Gasteiger partial charge in [0.15, 0.2) is 0 Å². The van der Waals surface area contributed by atoms with Crippen molar-refractivity contribution >= 4 is 41.1 Å². The van der Waals surface area contributed by atoms with Gasteiger partial charge in [0.05, 0.1) is 11.4 Å². The number of hydrogen-bond donors (Lipinski definition) is 4. The molecule has 3 aliphatic rings. The number of carbonyl (C=O) groups excluding carboxylic acids is 2. The molecule has 13 heteroatoms. The molecule has 0 saturated heterocycles. The van der Waals surface area contributed by atoms with E-state index in [1.54, 1.807) is 0 Å². The molecule has 0 aliphatic carbocycles. The Hall–Kier alpha value is -6.96. The van der Waals surface area contributed by atoms with Crippen molar-refractivity contribution in [2.45, 2.75) is 99.2 Å². The quantitative estimate of drug-likeness (QED) is 0.0947. The number of aromatic amines is 2. The molecule has 0 saturated carbocycles. The second kappa shape index (κ2) is 20.3. The van der Waals surface area contributed by atoms with Crippen molar-refractivity contribution in [2.75, 3.05) is 0 Å². The summed E-state index contributed by atoms with van der Waals surface area (Å²) in [6.45, 7) is 13.8. The Morgan fingerprint density at radius 3 is 1.96 bits per heavy atom. The van der Waals surface area contributed by atoms with Crippen LogP contribution in [0.4, 0.5) is 0 Å². The number of carbonyl (C=O) groups is 2. The van der Waals surface area contributed by atoms with Crippen LogP contribution in [0, 0.1) is 13.8 Å². The third-order valence-corrected chi connectivity index (χ3v) is 13.2. The van der Waals surface area contributed by atoms with Crippen LogP contribution in [0.1, 0.15) is 98.1 Å². The van der Waals surface area contributed by atoms with E-state index in [9.17, 15) is 9.59 Å². The number of nitrogens with zero attached hydrogens (tertiary/aromatic N) is 6. The van der Waals surface area contributed by atoms with E-state index in [2.05, 4.69) is 83.4 Å². The Kier molecular flexibility index (Phi) is 14.1. The van der Waals surface area contributed by atoms with E-state index >= 15 is 0 Å². The number of hydrogen-bond acceptors (Lipinski definition) is 3. The van der Waals surface area contributed by atoms with Gasteiger partial charge in [-0.05, 0) is 81.7 Å². The van der Waals surface area contributed by atoms with Gasteiger partial charge in [-0.3, -0.25) is 9.59 Å². The molecular weight excluding hydrogens is 880 g/mol. The maximum Gasteiger partial charge on any atom is 3.00 e. The molecule has 1 atom stereocenters. The van der Waals surface area contributed by atoms with Gasteiger partial charge in [-0.2, -0.15) is 0 Å². The van der Waals surface area contributed by atoms with Crippen LogP contribution in [0.2, 0.25) is 0 Å². The second-order valence-electron chi connectivity index (χ2n) is 17.2. The summed E-state index contributed by atoms with van der Waals surface area (Å²) in [6, 6.07) is 19.5. The summed E-state index contributed by atoms with van der Waals surface area (Å²) in [5.41, 5.74) is 16.3. The number of amides is 2. The Morgan fingerprint density at radius 1 is 0.731 bits per heavy atom. The number of rotatable bonds is 14. The third kappa shape index (κ3) is 9.39. The predicted molar refractivity (Wildman–Crippen MR) is 258 cm³/mol. The average molecular weight is 937 g/mol. The van der Waals surface area contributed by atoms with Gasteiger partial charge < -0.3 is 25.9 Å². The maximum absolute atomic E-state index is 13.6. The summed E-state index contributed by atoms with van der Waals surface area (Å²) in [5.74, 6) is -0.0812. The van der Waals surface area contributed by atoms with Crippen molar-refractivity contribution in [3.63, 3.8) is 0 Å². The molecule has 4 N–H and O–H groups in total. The predicted octanol–water partition coefficient (Wildman–Crippen LogP) is 6.32. The first-order valence-corrected chi connectivity index (χ1v) is 23.0. The zero-order valence-corrected chi connectivity index (χ0v) is 40.0. The molecule has 3 aliphatic heterocycles. The van der Waals surface area contributed by atoms with Gasteiger partial charge in [0.25, 0.3) is 0 Å². The third-order valence-electron chi connectivity index (χ3n) is 13.2. The van der Waals surface area contributed by atoms with E-state index in [0.29, 0.717) is 25.9 Å². The average Bonchev–Trinajstić information content (AvgIpc) is 4.21. The van der Waals surface area contributed by atoms with Gasteiger partial charge in [-0.25, -0.2) is 24.1 Å². The Balaban J connectivity index is 0.00000608. The number of benzene rings is 2. The first kappa shape index (κ1) is 46.6. The zero-order chi connectivity index (χ0) is 45.9. The van der Waals surface area contributed by atoms with Crippen LogP contribution in [0.3, 0.4) is 0 Å². The van der Waals surface area contributed by atoms with Gasteiger partial charge in [-0.1, -0.05) is 131 Å². The van der Waals surface area contributed by atoms with Crippen molar-refractivity contribution in [1.82, 2.24) is 30.6 Å². The van der Waals surface area contributed by atoms with Crippen LogP contribution in [-0.2, 0) is 52.3 Å². The van der Waals surface area contributed by atoms with Gasteiger partial charge in [0.2, 0.25) is 24.5 Å². The van der Waals surface area contributed by atoms with Crippen molar-refractivity contribution in [3.8, 4) is 0 Å². The fraction of sp³-hybridized carbons (Fsp3) is 0.278. The van der Waals surface area contributed by atoms with Crippen LogP contribution >= 0.6 is 0 Å². The van der Waals surface area contributed by atoms with E-state index in [1.807, 2.05) is 98.1 Å². The minimum absolute atomic E-state index is 0. The molecule has 9 rings (SSSR count). The number of fused-ring (bicyclic) bond motifs is 7. The summed E-state index contributed by atoms with van der Waals surface area (Å²) in [7, 11) is 0. The summed E-state index contributed by atoms with van der Waals surface area (Å²) in [5, 5.41) is 13.6.